The standard InChI is InChI=1S/C14H24N2O6/c1-3-21-13(17)12(15-14(18)22-4-2)9-10-5-7-11(8-6-10)16(19)20/h10-12H,3-9H2,1-2H3,(H,15,18). The number of alkyl carbamates (subject to hydrolysis) is 1. The van der Waals surface area contributed by atoms with Crippen LogP contribution in [0, 0.1) is 16.0 Å². The van der Waals surface area contributed by atoms with Gasteiger partial charge in [0, 0.05) is 17.8 Å². The van der Waals surface area contributed by atoms with Crippen LogP contribution in [0.25, 0.3) is 0 Å². The molecule has 8 heteroatoms. The summed E-state index contributed by atoms with van der Waals surface area (Å²) in [5.74, 6) is -0.334. The number of esters is 1. The van der Waals surface area contributed by atoms with Crippen LogP contribution in [-0.2, 0) is 14.3 Å². The van der Waals surface area contributed by atoms with Gasteiger partial charge in [0.1, 0.15) is 6.04 Å². The minimum atomic E-state index is -0.767. The molecule has 0 heterocycles. The summed E-state index contributed by atoms with van der Waals surface area (Å²) in [4.78, 5) is 34.0. The van der Waals surface area contributed by atoms with E-state index in [1.807, 2.05) is 0 Å². The van der Waals surface area contributed by atoms with Crippen LogP contribution in [0.4, 0.5) is 4.79 Å². The number of hydrogen-bond acceptors (Lipinski definition) is 6. The number of ether oxygens (including phenoxy) is 2. The molecule has 1 amide bonds. The lowest BCUT2D eigenvalue weighted by atomic mass is 9.82. The molecule has 1 fully saturated rings. The van der Waals surface area contributed by atoms with Crippen molar-refractivity contribution in [2.45, 2.75) is 58.0 Å². The fraction of sp³-hybridized carbons (Fsp3) is 0.857. The number of amides is 1. The quantitative estimate of drug-likeness (QED) is 0.436. The van der Waals surface area contributed by atoms with Crippen molar-refractivity contribution in [3.05, 3.63) is 10.1 Å². The van der Waals surface area contributed by atoms with Crippen LogP contribution in [0.3, 0.4) is 0 Å². The maximum Gasteiger partial charge on any atom is 0.407 e. The lowest BCUT2D eigenvalue weighted by molar-refractivity contribution is -0.527. The molecule has 22 heavy (non-hydrogen) atoms. The Kier molecular flexibility index (Phi) is 7.62. The fourth-order valence-corrected chi connectivity index (χ4v) is 2.70. The van der Waals surface area contributed by atoms with E-state index in [0.717, 1.165) is 0 Å². The molecule has 0 bridgehead atoms. The summed E-state index contributed by atoms with van der Waals surface area (Å²) in [6, 6.07) is -1.26. The van der Waals surface area contributed by atoms with E-state index < -0.39 is 24.1 Å². The minimum absolute atomic E-state index is 0.160. The van der Waals surface area contributed by atoms with E-state index >= 15 is 0 Å². The van der Waals surface area contributed by atoms with Crippen molar-refractivity contribution in [1.82, 2.24) is 5.32 Å². The van der Waals surface area contributed by atoms with Gasteiger partial charge in [-0.1, -0.05) is 0 Å². The second-order valence-corrected chi connectivity index (χ2v) is 5.37. The lowest BCUT2D eigenvalue weighted by Gasteiger charge is -2.27. The highest BCUT2D eigenvalue weighted by Crippen LogP contribution is 2.29. The molecule has 1 unspecified atom stereocenters. The average Bonchev–Trinajstić information content (AvgIpc) is 2.47. The SMILES string of the molecule is CCOC(=O)NC(CC1CCC([N+](=O)[O-])CC1)C(=O)OCC. The Balaban J connectivity index is 2.55. The van der Waals surface area contributed by atoms with Crippen LogP contribution < -0.4 is 5.32 Å². The van der Waals surface area contributed by atoms with E-state index in [4.69, 9.17) is 9.47 Å². The molecule has 1 aliphatic carbocycles. The summed E-state index contributed by atoms with van der Waals surface area (Å²) >= 11 is 0. The summed E-state index contributed by atoms with van der Waals surface area (Å²) < 4.78 is 9.76. The largest absolute Gasteiger partial charge is 0.464 e. The highest BCUT2D eigenvalue weighted by atomic mass is 16.6. The van der Waals surface area contributed by atoms with Gasteiger partial charge in [0.25, 0.3) is 0 Å². The Bertz CT molecular complexity index is 393. The molecule has 1 aliphatic rings. The number of rotatable bonds is 7. The smallest absolute Gasteiger partial charge is 0.407 e. The van der Waals surface area contributed by atoms with Crippen LogP contribution >= 0.6 is 0 Å². The summed E-state index contributed by atoms with van der Waals surface area (Å²) in [5.41, 5.74) is 0. The molecule has 0 aromatic rings. The molecule has 1 rings (SSSR count). The third-order valence-corrected chi connectivity index (χ3v) is 3.82. The minimum Gasteiger partial charge on any atom is -0.464 e. The molecule has 1 N–H and O–H groups in total. The molecule has 0 spiro atoms. The second-order valence-electron chi connectivity index (χ2n) is 5.37. The van der Waals surface area contributed by atoms with Crippen molar-refractivity contribution in [1.29, 1.82) is 0 Å². The predicted octanol–water partition coefficient (Wildman–Crippen LogP) is 1.89. The van der Waals surface area contributed by atoms with E-state index in [-0.39, 0.29) is 24.1 Å². The van der Waals surface area contributed by atoms with Gasteiger partial charge in [-0.2, -0.15) is 0 Å². The van der Waals surface area contributed by atoms with Gasteiger partial charge in [-0.15, -0.1) is 0 Å². The lowest BCUT2D eigenvalue weighted by Crippen LogP contribution is -2.44. The summed E-state index contributed by atoms with van der Waals surface area (Å²) in [5, 5.41) is 13.3. The Hall–Kier alpha value is -1.86. The van der Waals surface area contributed by atoms with Gasteiger partial charge in [-0.25, -0.2) is 9.59 Å². The zero-order valence-electron chi connectivity index (χ0n) is 13.1. The summed E-state index contributed by atoms with van der Waals surface area (Å²) in [7, 11) is 0. The normalized spacial score (nSPS) is 22.5. The first-order valence-electron chi connectivity index (χ1n) is 7.71. The van der Waals surface area contributed by atoms with Crippen LogP contribution in [0.5, 0.6) is 0 Å². The number of nitrogens with zero attached hydrogens (tertiary/aromatic N) is 1. The molecule has 8 nitrogen and oxygen atoms in total. The van der Waals surface area contributed by atoms with Crippen LogP contribution in [0.1, 0.15) is 46.0 Å². The van der Waals surface area contributed by atoms with Gasteiger partial charge in [0.2, 0.25) is 6.04 Å². The van der Waals surface area contributed by atoms with Gasteiger partial charge in [-0.05, 0) is 39.0 Å². The Morgan fingerprint density at radius 3 is 2.27 bits per heavy atom. The Morgan fingerprint density at radius 2 is 1.77 bits per heavy atom. The molecular weight excluding hydrogens is 292 g/mol. The van der Waals surface area contributed by atoms with Crippen molar-refractivity contribution in [2.75, 3.05) is 13.2 Å². The first-order chi connectivity index (χ1) is 10.5. The molecule has 126 valence electrons. The van der Waals surface area contributed by atoms with Gasteiger partial charge in [0.15, 0.2) is 0 Å². The Labute approximate surface area is 129 Å². The monoisotopic (exact) mass is 316 g/mol. The van der Waals surface area contributed by atoms with Crippen molar-refractivity contribution in [3.8, 4) is 0 Å². The van der Waals surface area contributed by atoms with E-state index in [2.05, 4.69) is 5.32 Å². The van der Waals surface area contributed by atoms with E-state index in [1.165, 1.54) is 0 Å². The van der Waals surface area contributed by atoms with Crippen molar-refractivity contribution in [3.63, 3.8) is 0 Å². The van der Waals surface area contributed by atoms with Crippen molar-refractivity contribution >= 4 is 12.1 Å². The molecule has 0 radical (unpaired) electrons. The van der Waals surface area contributed by atoms with Gasteiger partial charge in [0.05, 0.1) is 13.2 Å². The van der Waals surface area contributed by atoms with Gasteiger partial charge in [-0.3, -0.25) is 10.1 Å². The zero-order chi connectivity index (χ0) is 16.5. The maximum absolute atomic E-state index is 11.9. The number of hydrogen-bond donors (Lipinski definition) is 1. The third-order valence-electron chi connectivity index (χ3n) is 3.82. The first-order valence-corrected chi connectivity index (χ1v) is 7.71. The molecule has 1 atom stereocenters. The molecule has 0 saturated heterocycles. The molecule has 0 aromatic heterocycles. The van der Waals surface area contributed by atoms with Gasteiger partial charge >= 0.3 is 12.1 Å². The van der Waals surface area contributed by atoms with Crippen LogP contribution in [0.15, 0.2) is 0 Å². The topological polar surface area (TPSA) is 108 Å². The molecule has 0 aliphatic heterocycles. The van der Waals surface area contributed by atoms with Crippen LogP contribution in [0.2, 0.25) is 0 Å². The molecule has 1 saturated carbocycles. The number of carbonyl (C=O) groups excluding carboxylic acids is 2. The highest BCUT2D eigenvalue weighted by Gasteiger charge is 2.32. The van der Waals surface area contributed by atoms with Gasteiger partial charge < -0.3 is 14.8 Å². The summed E-state index contributed by atoms with van der Waals surface area (Å²) in [6.07, 6.45) is 2.12. The van der Waals surface area contributed by atoms with E-state index in [9.17, 15) is 19.7 Å². The van der Waals surface area contributed by atoms with Crippen LogP contribution in [-0.4, -0.2) is 42.3 Å². The Morgan fingerprint density at radius 1 is 1.18 bits per heavy atom. The second kappa shape index (κ2) is 9.22. The summed E-state index contributed by atoms with van der Waals surface area (Å²) in [6.45, 7) is 3.82. The predicted molar refractivity (Wildman–Crippen MR) is 77.9 cm³/mol. The number of nitro groups is 1. The zero-order valence-corrected chi connectivity index (χ0v) is 13.1. The third kappa shape index (κ3) is 5.87. The van der Waals surface area contributed by atoms with Crippen molar-refractivity contribution < 1.29 is 24.0 Å². The molecular formula is C14H24N2O6. The van der Waals surface area contributed by atoms with E-state index in [1.54, 1.807) is 13.8 Å². The average molecular weight is 316 g/mol. The number of carbonyl (C=O) groups is 2. The first kappa shape index (κ1) is 18.2. The highest BCUT2D eigenvalue weighted by molar-refractivity contribution is 5.81. The fourth-order valence-electron chi connectivity index (χ4n) is 2.70. The van der Waals surface area contributed by atoms with Crippen molar-refractivity contribution in [2.24, 2.45) is 5.92 Å². The molecule has 0 aromatic carbocycles. The van der Waals surface area contributed by atoms with E-state index in [0.29, 0.717) is 32.1 Å². The maximum atomic E-state index is 11.9. The number of nitrogens with one attached hydrogen (secondary N) is 1.